The zero-order chi connectivity index (χ0) is 20.1. The highest BCUT2D eigenvalue weighted by Crippen LogP contribution is 2.37. The first-order valence-electron chi connectivity index (χ1n) is 10.7. The number of aryl methyl sites for hydroxylation is 2. The van der Waals surface area contributed by atoms with E-state index in [0.717, 1.165) is 48.7 Å². The highest BCUT2D eigenvalue weighted by molar-refractivity contribution is 5.53. The normalized spacial score (nSPS) is 15.4. The summed E-state index contributed by atoms with van der Waals surface area (Å²) < 4.78 is 11.9. The van der Waals surface area contributed by atoms with Gasteiger partial charge in [-0.2, -0.15) is 0 Å². The number of hydrogen-bond donors (Lipinski definition) is 1. The average molecular weight is 391 g/mol. The van der Waals surface area contributed by atoms with Crippen LogP contribution in [0.15, 0.2) is 52.9 Å². The molecule has 1 atom stereocenters. The Morgan fingerprint density at radius 2 is 2.03 bits per heavy atom. The van der Waals surface area contributed by atoms with E-state index >= 15 is 0 Å². The summed E-state index contributed by atoms with van der Waals surface area (Å²) in [4.78, 5) is 4.66. The summed E-state index contributed by atoms with van der Waals surface area (Å²) in [7, 11) is 0. The Balaban J connectivity index is 1.33. The second-order valence-electron chi connectivity index (χ2n) is 7.72. The number of nitrogens with one attached hydrogen (secondary N) is 1. The summed E-state index contributed by atoms with van der Waals surface area (Å²) in [6.45, 7) is 6.88. The monoisotopic (exact) mass is 390 g/mol. The summed E-state index contributed by atoms with van der Waals surface area (Å²) in [5.41, 5.74) is 4.93. The van der Waals surface area contributed by atoms with Crippen molar-refractivity contribution in [2.45, 2.75) is 45.4 Å². The Morgan fingerprint density at radius 3 is 2.86 bits per heavy atom. The van der Waals surface area contributed by atoms with Crippen LogP contribution in [-0.4, -0.2) is 24.7 Å². The van der Waals surface area contributed by atoms with E-state index in [1.165, 1.54) is 24.0 Å². The van der Waals surface area contributed by atoms with Crippen LogP contribution in [0.2, 0.25) is 0 Å². The van der Waals surface area contributed by atoms with Crippen LogP contribution in [0.1, 0.15) is 48.3 Å². The first-order chi connectivity index (χ1) is 14.2. The van der Waals surface area contributed by atoms with Gasteiger partial charge in [0.05, 0.1) is 12.3 Å². The van der Waals surface area contributed by atoms with Gasteiger partial charge in [0.25, 0.3) is 0 Å². The van der Waals surface area contributed by atoms with E-state index in [1.54, 1.807) is 0 Å². The van der Waals surface area contributed by atoms with E-state index < -0.39 is 0 Å². The lowest BCUT2D eigenvalue weighted by molar-refractivity contribution is 0.319. The first kappa shape index (κ1) is 19.7. The van der Waals surface area contributed by atoms with E-state index in [0.29, 0.717) is 18.4 Å². The minimum absolute atomic E-state index is 0.601. The van der Waals surface area contributed by atoms with E-state index in [1.807, 2.05) is 37.3 Å². The fraction of sp³-hybridized carbons (Fsp3) is 0.400. The quantitative estimate of drug-likeness (QED) is 0.504. The number of hydrogen-bond acceptors (Lipinski definition) is 4. The number of ether oxygens (including phenoxy) is 1. The van der Waals surface area contributed by atoms with Crippen molar-refractivity contribution in [2.24, 2.45) is 0 Å². The summed E-state index contributed by atoms with van der Waals surface area (Å²) in [6, 6.07) is 16.6. The fourth-order valence-electron chi connectivity index (χ4n) is 4.15. The second-order valence-corrected chi connectivity index (χ2v) is 7.72. The van der Waals surface area contributed by atoms with E-state index in [-0.39, 0.29) is 0 Å². The molecule has 3 aromatic rings. The molecule has 0 saturated carbocycles. The molecule has 1 aliphatic carbocycles. The maximum absolute atomic E-state index is 6.04. The molecule has 4 heteroatoms. The molecule has 0 spiro atoms. The van der Waals surface area contributed by atoms with Crippen molar-refractivity contribution < 1.29 is 9.15 Å². The smallest absolute Gasteiger partial charge is 0.226 e. The Labute approximate surface area is 173 Å². The molecule has 0 unspecified atom stereocenters. The van der Waals surface area contributed by atoms with Gasteiger partial charge < -0.3 is 14.5 Å². The van der Waals surface area contributed by atoms with Gasteiger partial charge in [0.15, 0.2) is 0 Å². The summed E-state index contributed by atoms with van der Waals surface area (Å²) >= 11 is 0. The lowest BCUT2D eigenvalue weighted by Gasteiger charge is -2.13. The highest BCUT2D eigenvalue weighted by Gasteiger charge is 2.22. The molecule has 152 valence electrons. The maximum Gasteiger partial charge on any atom is 0.226 e. The molecule has 1 aromatic heterocycles. The van der Waals surface area contributed by atoms with E-state index in [4.69, 9.17) is 9.15 Å². The number of rotatable bonds is 9. The van der Waals surface area contributed by atoms with Crippen molar-refractivity contribution in [3.05, 3.63) is 71.1 Å². The summed E-state index contributed by atoms with van der Waals surface area (Å²) in [5, 5.41) is 3.44. The molecule has 1 heterocycles. The van der Waals surface area contributed by atoms with Crippen LogP contribution in [0, 0.1) is 6.92 Å². The van der Waals surface area contributed by atoms with Crippen LogP contribution in [0.25, 0.3) is 11.5 Å². The van der Waals surface area contributed by atoms with Crippen molar-refractivity contribution in [3.63, 3.8) is 0 Å². The Morgan fingerprint density at radius 1 is 1.17 bits per heavy atom. The van der Waals surface area contributed by atoms with Gasteiger partial charge in [-0.15, -0.1) is 0 Å². The van der Waals surface area contributed by atoms with Crippen LogP contribution in [-0.2, 0) is 12.8 Å². The van der Waals surface area contributed by atoms with Crippen molar-refractivity contribution in [1.82, 2.24) is 10.3 Å². The van der Waals surface area contributed by atoms with Gasteiger partial charge in [-0.05, 0) is 80.6 Å². The Hall–Kier alpha value is -2.59. The molecule has 0 saturated heterocycles. The average Bonchev–Trinajstić information content (AvgIpc) is 3.32. The third-order valence-corrected chi connectivity index (χ3v) is 5.76. The zero-order valence-corrected chi connectivity index (χ0v) is 17.4. The lowest BCUT2D eigenvalue weighted by atomic mass is 9.98. The van der Waals surface area contributed by atoms with Crippen molar-refractivity contribution in [2.75, 3.05) is 19.7 Å². The zero-order valence-electron chi connectivity index (χ0n) is 17.4. The number of nitrogens with zero attached hydrogens (tertiary/aromatic N) is 1. The molecule has 4 nitrogen and oxygen atoms in total. The van der Waals surface area contributed by atoms with E-state index in [2.05, 4.69) is 35.4 Å². The molecule has 2 aromatic carbocycles. The molecule has 0 amide bonds. The molecule has 0 fully saturated rings. The van der Waals surface area contributed by atoms with Gasteiger partial charge in [-0.25, -0.2) is 4.98 Å². The molecule has 0 aliphatic heterocycles. The molecular formula is C25H30N2O2. The fourth-order valence-corrected chi connectivity index (χ4v) is 4.15. The second kappa shape index (κ2) is 9.27. The van der Waals surface area contributed by atoms with Gasteiger partial charge in [0.2, 0.25) is 5.89 Å². The van der Waals surface area contributed by atoms with Crippen LogP contribution < -0.4 is 10.1 Å². The molecule has 0 radical (unpaired) electrons. The van der Waals surface area contributed by atoms with Crippen molar-refractivity contribution in [3.8, 4) is 17.2 Å². The predicted molar refractivity (Wildman–Crippen MR) is 117 cm³/mol. The number of fused-ring (bicyclic) bond motifs is 1. The highest BCUT2D eigenvalue weighted by atomic mass is 16.5. The largest absolute Gasteiger partial charge is 0.493 e. The Bertz CT molecular complexity index is 933. The molecule has 4 rings (SSSR count). The standard InChI is InChI=1S/C25H30N2O2/c1-3-26-15-13-19-9-10-21-17-22(11-12-23(19)21)28-16-14-24-18(2)29-25(27-24)20-7-5-4-6-8-20/h4-8,11-12,17,19,26H,3,9-10,13-16H2,1-2H3/t19-/m0/s1. The molecule has 1 N–H and O–H groups in total. The van der Waals surface area contributed by atoms with E-state index in [9.17, 15) is 0 Å². The number of aromatic nitrogens is 1. The third kappa shape index (κ3) is 4.70. The van der Waals surface area contributed by atoms with Gasteiger partial charge in [-0.3, -0.25) is 0 Å². The van der Waals surface area contributed by atoms with Gasteiger partial charge >= 0.3 is 0 Å². The van der Waals surface area contributed by atoms with Crippen LogP contribution in [0.5, 0.6) is 5.75 Å². The van der Waals surface area contributed by atoms with Gasteiger partial charge in [-0.1, -0.05) is 31.2 Å². The maximum atomic E-state index is 6.04. The third-order valence-electron chi connectivity index (χ3n) is 5.76. The number of oxazole rings is 1. The van der Waals surface area contributed by atoms with Gasteiger partial charge in [0.1, 0.15) is 11.5 Å². The minimum atomic E-state index is 0.601. The van der Waals surface area contributed by atoms with Crippen molar-refractivity contribution >= 4 is 0 Å². The predicted octanol–water partition coefficient (Wildman–Crippen LogP) is 5.30. The van der Waals surface area contributed by atoms with Crippen LogP contribution in [0.4, 0.5) is 0 Å². The van der Waals surface area contributed by atoms with Crippen LogP contribution >= 0.6 is 0 Å². The summed E-state index contributed by atoms with van der Waals surface area (Å²) in [6.07, 6.45) is 4.37. The molecule has 1 aliphatic rings. The SMILES string of the molecule is CCNCC[C@@H]1CCc2cc(OCCc3nc(-c4ccccc4)oc3C)ccc21. The topological polar surface area (TPSA) is 47.3 Å². The van der Waals surface area contributed by atoms with Crippen LogP contribution in [0.3, 0.4) is 0 Å². The molecular weight excluding hydrogens is 360 g/mol. The Kier molecular flexibility index (Phi) is 6.30. The minimum Gasteiger partial charge on any atom is -0.493 e. The number of benzene rings is 2. The molecule has 29 heavy (non-hydrogen) atoms. The summed E-state index contributed by atoms with van der Waals surface area (Å²) in [5.74, 6) is 3.19. The lowest BCUT2D eigenvalue weighted by Crippen LogP contribution is -2.16. The van der Waals surface area contributed by atoms with Crippen molar-refractivity contribution in [1.29, 1.82) is 0 Å². The van der Waals surface area contributed by atoms with Gasteiger partial charge in [0, 0.05) is 12.0 Å². The first-order valence-corrected chi connectivity index (χ1v) is 10.7. The molecule has 0 bridgehead atoms.